The highest BCUT2D eigenvalue weighted by Crippen LogP contribution is 2.33. The summed E-state index contributed by atoms with van der Waals surface area (Å²) in [5.41, 5.74) is 1.74. The van der Waals surface area contributed by atoms with Gasteiger partial charge in [-0.2, -0.15) is 0 Å². The number of benzene rings is 1. The fraction of sp³-hybridized carbons (Fsp3) is 0.250. The Balaban J connectivity index is 1.57. The van der Waals surface area contributed by atoms with Gasteiger partial charge in [-0.25, -0.2) is 4.98 Å². The quantitative estimate of drug-likeness (QED) is 0.506. The first kappa shape index (κ1) is 17.7. The van der Waals surface area contributed by atoms with Crippen molar-refractivity contribution < 1.29 is 9.53 Å². The number of rotatable bonds is 5. The summed E-state index contributed by atoms with van der Waals surface area (Å²) >= 11 is 1.45. The molecule has 0 unspecified atom stereocenters. The molecule has 1 aliphatic heterocycles. The Morgan fingerprint density at radius 2 is 2.24 bits per heavy atom. The summed E-state index contributed by atoms with van der Waals surface area (Å²) in [5.74, 6) is 1.77. The third-order valence-electron chi connectivity index (χ3n) is 4.92. The summed E-state index contributed by atoms with van der Waals surface area (Å²) < 4.78 is 8.18. The molecule has 0 radical (unpaired) electrons. The number of aromatic nitrogens is 5. The van der Waals surface area contributed by atoms with Gasteiger partial charge >= 0.3 is 0 Å². The molecule has 0 saturated carbocycles. The van der Waals surface area contributed by atoms with E-state index in [4.69, 9.17) is 9.72 Å². The molecule has 1 amide bonds. The van der Waals surface area contributed by atoms with Gasteiger partial charge < -0.3 is 9.30 Å². The van der Waals surface area contributed by atoms with E-state index in [-0.39, 0.29) is 5.91 Å². The van der Waals surface area contributed by atoms with Gasteiger partial charge in [0.25, 0.3) is 5.91 Å². The van der Waals surface area contributed by atoms with Crippen LogP contribution in [0.15, 0.2) is 42.7 Å². The predicted molar refractivity (Wildman–Crippen MR) is 109 cm³/mol. The minimum atomic E-state index is -0.208. The fourth-order valence-corrected chi connectivity index (χ4v) is 4.46. The summed E-state index contributed by atoms with van der Waals surface area (Å²) in [5, 5.41) is 8.96. The summed E-state index contributed by atoms with van der Waals surface area (Å²) in [4.78, 5) is 24.0. The molecule has 1 aliphatic rings. The molecule has 4 heterocycles. The van der Waals surface area contributed by atoms with Crippen molar-refractivity contribution in [2.24, 2.45) is 0 Å². The molecule has 0 saturated heterocycles. The van der Waals surface area contributed by atoms with E-state index < -0.39 is 0 Å². The molecule has 0 bridgehead atoms. The smallest absolute Gasteiger partial charge is 0.298 e. The number of pyridine rings is 1. The number of thiazole rings is 1. The maximum atomic E-state index is 13.5. The van der Waals surface area contributed by atoms with Gasteiger partial charge in [0.05, 0.1) is 23.9 Å². The Kier molecular flexibility index (Phi) is 4.44. The lowest BCUT2D eigenvalue weighted by Crippen LogP contribution is -2.32. The van der Waals surface area contributed by atoms with Crippen LogP contribution in [0.1, 0.15) is 28.4 Å². The lowest BCUT2D eigenvalue weighted by atomic mass is 10.2. The van der Waals surface area contributed by atoms with Crippen LogP contribution in [-0.4, -0.2) is 37.7 Å². The fourth-order valence-electron chi connectivity index (χ4n) is 3.47. The van der Waals surface area contributed by atoms with Crippen LogP contribution in [0.25, 0.3) is 10.2 Å². The minimum Gasteiger partial charge on any atom is -0.497 e. The zero-order valence-corrected chi connectivity index (χ0v) is 16.6. The molecule has 4 aromatic rings. The Morgan fingerprint density at radius 3 is 3.07 bits per heavy atom. The summed E-state index contributed by atoms with van der Waals surface area (Å²) in [7, 11) is 1.63. The van der Waals surface area contributed by atoms with Gasteiger partial charge in [0.2, 0.25) is 5.82 Å². The van der Waals surface area contributed by atoms with Crippen molar-refractivity contribution in [1.82, 2.24) is 24.7 Å². The van der Waals surface area contributed by atoms with Gasteiger partial charge in [-0.15, -0.1) is 10.2 Å². The standard InChI is InChI=1S/C20H18N6O2S/c1-28-14-6-7-15-16(10-14)29-20(22-15)26(12-13-4-2-8-21-11-13)19(27)18-24-23-17-5-3-9-25(17)18/h2,4,6-8,10-11H,3,5,9,12H2,1H3. The number of aryl methyl sites for hydroxylation is 1. The van der Waals surface area contributed by atoms with E-state index in [0.29, 0.717) is 17.5 Å². The summed E-state index contributed by atoms with van der Waals surface area (Å²) in [6.07, 6.45) is 5.30. The first-order valence-electron chi connectivity index (χ1n) is 9.30. The second-order valence-corrected chi connectivity index (χ2v) is 7.79. The highest BCUT2D eigenvalue weighted by molar-refractivity contribution is 7.22. The topological polar surface area (TPSA) is 86.0 Å². The number of anilines is 1. The van der Waals surface area contributed by atoms with Crippen molar-refractivity contribution in [3.63, 3.8) is 0 Å². The van der Waals surface area contributed by atoms with E-state index in [9.17, 15) is 4.79 Å². The van der Waals surface area contributed by atoms with Crippen LogP contribution in [0.2, 0.25) is 0 Å². The maximum Gasteiger partial charge on any atom is 0.298 e. The SMILES string of the molecule is COc1ccc2nc(N(Cc3cccnc3)C(=O)c3nnc4n3CCC4)sc2c1. The molecule has 8 nitrogen and oxygen atoms in total. The first-order chi connectivity index (χ1) is 14.2. The zero-order valence-electron chi connectivity index (χ0n) is 15.8. The Morgan fingerprint density at radius 1 is 1.31 bits per heavy atom. The van der Waals surface area contributed by atoms with Gasteiger partial charge in [-0.05, 0) is 36.2 Å². The molecule has 0 aliphatic carbocycles. The van der Waals surface area contributed by atoms with Crippen molar-refractivity contribution in [3.05, 3.63) is 59.9 Å². The maximum absolute atomic E-state index is 13.5. The average Bonchev–Trinajstić information content (AvgIpc) is 3.46. The minimum absolute atomic E-state index is 0.208. The zero-order chi connectivity index (χ0) is 19.8. The molecule has 0 N–H and O–H groups in total. The summed E-state index contributed by atoms with van der Waals surface area (Å²) in [6, 6.07) is 9.49. The normalized spacial score (nSPS) is 12.9. The number of hydrogen-bond donors (Lipinski definition) is 0. The molecule has 9 heteroatoms. The van der Waals surface area contributed by atoms with Crippen LogP contribution in [-0.2, 0) is 19.5 Å². The van der Waals surface area contributed by atoms with E-state index in [1.165, 1.54) is 11.3 Å². The Labute approximate surface area is 170 Å². The third kappa shape index (κ3) is 3.23. The molecule has 1 aromatic carbocycles. The van der Waals surface area contributed by atoms with Crippen LogP contribution >= 0.6 is 11.3 Å². The van der Waals surface area contributed by atoms with Gasteiger partial charge in [0, 0.05) is 25.4 Å². The van der Waals surface area contributed by atoms with Crippen molar-refractivity contribution in [2.75, 3.05) is 12.0 Å². The van der Waals surface area contributed by atoms with Crippen LogP contribution < -0.4 is 9.64 Å². The number of hydrogen-bond acceptors (Lipinski definition) is 7. The molecule has 3 aromatic heterocycles. The van der Waals surface area contributed by atoms with Crippen molar-refractivity contribution in [2.45, 2.75) is 25.9 Å². The van der Waals surface area contributed by atoms with Crippen molar-refractivity contribution in [1.29, 1.82) is 0 Å². The lowest BCUT2D eigenvalue weighted by Gasteiger charge is -2.19. The highest BCUT2D eigenvalue weighted by Gasteiger charge is 2.29. The van der Waals surface area contributed by atoms with Crippen LogP contribution in [0.4, 0.5) is 5.13 Å². The number of fused-ring (bicyclic) bond motifs is 2. The van der Waals surface area contributed by atoms with Gasteiger partial charge in [-0.3, -0.25) is 14.7 Å². The molecular weight excluding hydrogens is 388 g/mol. The number of nitrogens with zero attached hydrogens (tertiary/aromatic N) is 6. The second-order valence-electron chi connectivity index (χ2n) is 6.78. The van der Waals surface area contributed by atoms with E-state index in [0.717, 1.165) is 46.7 Å². The first-order valence-corrected chi connectivity index (χ1v) is 10.1. The van der Waals surface area contributed by atoms with E-state index in [1.807, 2.05) is 34.9 Å². The number of carbonyl (C=O) groups is 1. The van der Waals surface area contributed by atoms with E-state index in [2.05, 4.69) is 15.2 Å². The number of ether oxygens (including phenoxy) is 1. The summed E-state index contributed by atoms with van der Waals surface area (Å²) in [6.45, 7) is 1.12. The second kappa shape index (κ2) is 7.25. The van der Waals surface area contributed by atoms with E-state index in [1.54, 1.807) is 24.4 Å². The van der Waals surface area contributed by atoms with Gasteiger partial charge in [-0.1, -0.05) is 17.4 Å². The number of amides is 1. The molecule has 0 atom stereocenters. The predicted octanol–water partition coefficient (Wildman–Crippen LogP) is 3.08. The lowest BCUT2D eigenvalue weighted by molar-refractivity contribution is 0.0970. The third-order valence-corrected chi connectivity index (χ3v) is 5.97. The highest BCUT2D eigenvalue weighted by atomic mass is 32.1. The van der Waals surface area contributed by atoms with Crippen molar-refractivity contribution in [3.8, 4) is 5.75 Å². The number of carbonyl (C=O) groups excluding carboxylic acids is 1. The Bertz CT molecular complexity index is 1190. The van der Waals surface area contributed by atoms with Crippen LogP contribution in [0.5, 0.6) is 5.75 Å². The van der Waals surface area contributed by atoms with Crippen LogP contribution in [0, 0.1) is 0 Å². The number of methoxy groups -OCH3 is 1. The molecule has 5 rings (SSSR count). The van der Waals surface area contributed by atoms with Gasteiger partial charge in [0.15, 0.2) is 5.13 Å². The largest absolute Gasteiger partial charge is 0.497 e. The molecule has 29 heavy (non-hydrogen) atoms. The molecule has 146 valence electrons. The molecular formula is C20H18N6O2S. The monoisotopic (exact) mass is 406 g/mol. The molecule has 0 spiro atoms. The van der Waals surface area contributed by atoms with Gasteiger partial charge in [0.1, 0.15) is 11.6 Å². The molecule has 0 fully saturated rings. The van der Waals surface area contributed by atoms with E-state index >= 15 is 0 Å². The van der Waals surface area contributed by atoms with Crippen LogP contribution in [0.3, 0.4) is 0 Å². The average molecular weight is 406 g/mol. The van der Waals surface area contributed by atoms with Crippen molar-refractivity contribution >= 4 is 32.6 Å². The Hall–Kier alpha value is -3.33.